The van der Waals surface area contributed by atoms with Crippen LogP contribution in [0.1, 0.15) is 27.7 Å². The number of pyridine rings is 1. The first-order chi connectivity index (χ1) is 12.1. The summed E-state index contributed by atoms with van der Waals surface area (Å²) in [5.41, 5.74) is 3.14. The zero-order chi connectivity index (χ0) is 18.2. The van der Waals surface area contributed by atoms with Gasteiger partial charge < -0.3 is 9.80 Å². The highest BCUT2D eigenvalue weighted by molar-refractivity contribution is 6.30. The van der Waals surface area contributed by atoms with Gasteiger partial charge in [0.1, 0.15) is 5.69 Å². The number of nitrogens with zero attached hydrogens (tertiary/aromatic N) is 5. The molecule has 0 atom stereocenters. The molecular weight excluding hydrogens is 334 g/mol. The summed E-state index contributed by atoms with van der Waals surface area (Å²) in [4.78, 5) is 8.78. The maximum Gasteiger partial charge on any atom is 0.174 e. The summed E-state index contributed by atoms with van der Waals surface area (Å²) in [5.74, 6) is 0.544. The van der Waals surface area contributed by atoms with E-state index in [4.69, 9.17) is 11.6 Å². The summed E-state index contributed by atoms with van der Waals surface area (Å²) >= 11 is 5.86. The van der Waals surface area contributed by atoms with Crippen molar-refractivity contribution in [2.45, 2.75) is 27.7 Å². The summed E-state index contributed by atoms with van der Waals surface area (Å²) in [6, 6.07) is 9.85. The van der Waals surface area contributed by atoms with Crippen LogP contribution in [0.2, 0.25) is 5.02 Å². The Balaban J connectivity index is 2.39. The van der Waals surface area contributed by atoms with E-state index in [-0.39, 0.29) is 0 Å². The first-order valence-electron chi connectivity index (χ1n) is 8.80. The van der Waals surface area contributed by atoms with E-state index in [1.54, 1.807) is 18.3 Å². The van der Waals surface area contributed by atoms with Crippen LogP contribution in [0.3, 0.4) is 0 Å². The maximum atomic E-state index is 5.86. The van der Waals surface area contributed by atoms with E-state index in [1.165, 1.54) is 5.69 Å². The normalized spacial score (nSPS) is 11.1. The Kier molecular flexibility index (Phi) is 7.19. The van der Waals surface area contributed by atoms with Crippen molar-refractivity contribution in [2.24, 2.45) is 10.2 Å². The van der Waals surface area contributed by atoms with Gasteiger partial charge in [-0.05, 0) is 58.0 Å². The molecule has 0 fully saturated rings. The summed E-state index contributed by atoms with van der Waals surface area (Å²) in [6.45, 7) is 12.4. The molecule has 0 radical (unpaired) electrons. The van der Waals surface area contributed by atoms with Gasteiger partial charge in [-0.25, -0.2) is 4.98 Å². The van der Waals surface area contributed by atoms with Gasteiger partial charge in [-0.15, -0.1) is 10.2 Å². The van der Waals surface area contributed by atoms with Crippen molar-refractivity contribution >= 4 is 34.5 Å². The molecule has 0 saturated carbocycles. The van der Waals surface area contributed by atoms with Gasteiger partial charge in [-0.3, -0.25) is 0 Å². The number of hydrogen-bond acceptors (Lipinski definition) is 5. The highest BCUT2D eigenvalue weighted by atomic mass is 35.5. The van der Waals surface area contributed by atoms with Crippen LogP contribution in [-0.2, 0) is 0 Å². The third kappa shape index (κ3) is 4.92. The lowest BCUT2D eigenvalue weighted by Gasteiger charge is -2.26. The van der Waals surface area contributed by atoms with Crippen LogP contribution in [0.15, 0.2) is 46.8 Å². The van der Waals surface area contributed by atoms with E-state index >= 15 is 0 Å². The Morgan fingerprint density at radius 3 is 2.12 bits per heavy atom. The van der Waals surface area contributed by atoms with Crippen molar-refractivity contribution in [3.05, 3.63) is 41.6 Å². The van der Waals surface area contributed by atoms with Crippen molar-refractivity contribution < 1.29 is 0 Å². The molecule has 134 valence electrons. The smallest absolute Gasteiger partial charge is 0.174 e. The molecule has 0 unspecified atom stereocenters. The van der Waals surface area contributed by atoms with Crippen LogP contribution in [0.5, 0.6) is 0 Å². The Morgan fingerprint density at radius 2 is 1.56 bits per heavy atom. The number of anilines is 2. The van der Waals surface area contributed by atoms with Crippen LogP contribution >= 0.6 is 11.6 Å². The van der Waals surface area contributed by atoms with Gasteiger partial charge in [0, 0.05) is 38.1 Å². The van der Waals surface area contributed by atoms with Crippen LogP contribution in [0.4, 0.5) is 22.9 Å². The van der Waals surface area contributed by atoms with Crippen molar-refractivity contribution in [2.75, 3.05) is 36.0 Å². The summed E-state index contributed by atoms with van der Waals surface area (Å²) < 4.78 is 0. The second-order valence-corrected chi connectivity index (χ2v) is 5.99. The molecule has 5 nitrogen and oxygen atoms in total. The molecule has 0 N–H and O–H groups in total. The number of benzene rings is 1. The molecule has 0 aliphatic carbocycles. The number of hydrogen-bond donors (Lipinski definition) is 0. The second kappa shape index (κ2) is 9.37. The Bertz CT molecular complexity index is 691. The first-order valence-corrected chi connectivity index (χ1v) is 9.17. The van der Waals surface area contributed by atoms with Gasteiger partial charge in [-0.1, -0.05) is 11.6 Å². The zero-order valence-corrected chi connectivity index (χ0v) is 16.2. The first kappa shape index (κ1) is 19.2. The quantitative estimate of drug-likeness (QED) is 0.556. The van der Waals surface area contributed by atoms with Gasteiger partial charge in [0.15, 0.2) is 5.82 Å². The maximum absolute atomic E-state index is 5.86. The molecule has 1 heterocycles. The van der Waals surface area contributed by atoms with E-state index < -0.39 is 0 Å². The fraction of sp³-hybridized carbons (Fsp3) is 0.421. The van der Waals surface area contributed by atoms with E-state index in [2.05, 4.69) is 64.8 Å². The van der Waals surface area contributed by atoms with E-state index in [0.717, 1.165) is 37.6 Å². The predicted molar refractivity (Wildman–Crippen MR) is 107 cm³/mol. The lowest BCUT2D eigenvalue weighted by Crippen LogP contribution is -2.24. The molecule has 0 spiro atoms. The van der Waals surface area contributed by atoms with Gasteiger partial charge in [-0.2, -0.15) is 0 Å². The van der Waals surface area contributed by atoms with E-state index in [1.807, 2.05) is 6.07 Å². The standard InChI is InChI=1S/C19H26ClN5/c1-5-24(6-2)16-10-11-17(18(13-16)25(7-3)8-4)22-23-19-12-9-15(20)14-21-19/h9-14H,5-8H2,1-4H3. The number of rotatable bonds is 8. The molecule has 1 aromatic carbocycles. The highest BCUT2D eigenvalue weighted by Crippen LogP contribution is 2.34. The van der Waals surface area contributed by atoms with Gasteiger partial charge >= 0.3 is 0 Å². The molecule has 0 bridgehead atoms. The van der Waals surface area contributed by atoms with Gasteiger partial charge in [0.25, 0.3) is 0 Å². The topological polar surface area (TPSA) is 44.1 Å². The largest absolute Gasteiger partial charge is 0.372 e. The molecule has 6 heteroatoms. The molecule has 0 aliphatic heterocycles. The zero-order valence-electron chi connectivity index (χ0n) is 15.4. The van der Waals surface area contributed by atoms with Crippen molar-refractivity contribution in [1.29, 1.82) is 0 Å². The molecule has 1 aromatic heterocycles. The Labute approximate surface area is 155 Å². The third-order valence-electron chi connectivity index (χ3n) is 4.16. The SMILES string of the molecule is CCN(CC)c1ccc(N=Nc2ccc(Cl)cn2)c(N(CC)CC)c1. The minimum Gasteiger partial charge on any atom is -0.372 e. The fourth-order valence-corrected chi connectivity index (χ4v) is 2.84. The predicted octanol–water partition coefficient (Wildman–Crippen LogP) is 5.84. The van der Waals surface area contributed by atoms with Crippen LogP contribution in [0.25, 0.3) is 0 Å². The van der Waals surface area contributed by atoms with Crippen LogP contribution in [0, 0.1) is 0 Å². The van der Waals surface area contributed by atoms with Gasteiger partial charge in [0.2, 0.25) is 0 Å². The minimum absolute atomic E-state index is 0.544. The molecule has 0 amide bonds. The molecule has 0 saturated heterocycles. The fourth-order valence-electron chi connectivity index (χ4n) is 2.73. The summed E-state index contributed by atoms with van der Waals surface area (Å²) in [6.07, 6.45) is 1.57. The van der Waals surface area contributed by atoms with Crippen molar-refractivity contribution in [3.63, 3.8) is 0 Å². The molecule has 2 aromatic rings. The summed E-state index contributed by atoms with van der Waals surface area (Å²) in [7, 11) is 0. The third-order valence-corrected chi connectivity index (χ3v) is 4.39. The Hall–Kier alpha value is -2.14. The lowest BCUT2D eigenvalue weighted by atomic mass is 10.2. The average Bonchev–Trinajstić information content (AvgIpc) is 2.64. The molecule has 2 rings (SSSR count). The second-order valence-electron chi connectivity index (χ2n) is 5.55. The Morgan fingerprint density at radius 1 is 0.880 bits per heavy atom. The van der Waals surface area contributed by atoms with Gasteiger partial charge in [0.05, 0.1) is 10.7 Å². The molecule has 0 aliphatic rings. The van der Waals surface area contributed by atoms with Crippen molar-refractivity contribution in [1.82, 2.24) is 4.98 Å². The minimum atomic E-state index is 0.544. The molecule has 25 heavy (non-hydrogen) atoms. The number of aromatic nitrogens is 1. The van der Waals surface area contributed by atoms with Crippen molar-refractivity contribution in [3.8, 4) is 0 Å². The number of azo groups is 1. The van der Waals surface area contributed by atoms with E-state index in [0.29, 0.717) is 10.8 Å². The summed E-state index contributed by atoms with van der Waals surface area (Å²) in [5, 5.41) is 9.28. The number of halogens is 1. The monoisotopic (exact) mass is 359 g/mol. The average molecular weight is 360 g/mol. The van der Waals surface area contributed by atoms with Crippen LogP contribution < -0.4 is 9.80 Å². The highest BCUT2D eigenvalue weighted by Gasteiger charge is 2.12. The van der Waals surface area contributed by atoms with Crippen LogP contribution in [-0.4, -0.2) is 31.2 Å². The lowest BCUT2D eigenvalue weighted by molar-refractivity contribution is 0.851. The van der Waals surface area contributed by atoms with E-state index in [9.17, 15) is 0 Å². The molecular formula is C19H26ClN5.